The zero-order valence-corrected chi connectivity index (χ0v) is 7.70. The summed E-state index contributed by atoms with van der Waals surface area (Å²) >= 11 is 0. The Labute approximate surface area is 84.0 Å². The van der Waals surface area contributed by atoms with E-state index >= 15 is 0 Å². The highest BCUT2D eigenvalue weighted by molar-refractivity contribution is 5.74. The van der Waals surface area contributed by atoms with E-state index in [4.69, 9.17) is 31.3 Å². The maximum Gasteiger partial charge on any atom is 0.320 e. The standard InChI is InChI=1S/C5H9NO4.HNO3.H3N/c6-3(5(9)10)1-2-4(7)8;2-1(3)4;/h3H,1-2,6H2,(H,7,8)(H,9,10);(H,2,3,4);1H3. The molecule has 10 heteroatoms. The van der Waals surface area contributed by atoms with Gasteiger partial charge in [-0.25, -0.2) is 0 Å². The normalized spacial score (nSPS) is 9.93. The van der Waals surface area contributed by atoms with Gasteiger partial charge < -0.3 is 27.3 Å². The Morgan fingerprint density at radius 1 is 1.40 bits per heavy atom. The van der Waals surface area contributed by atoms with Crippen LogP contribution in [0.3, 0.4) is 0 Å². The van der Waals surface area contributed by atoms with Gasteiger partial charge in [0.1, 0.15) is 6.04 Å². The van der Waals surface area contributed by atoms with Crippen molar-refractivity contribution in [3.8, 4) is 0 Å². The van der Waals surface area contributed by atoms with E-state index in [-0.39, 0.29) is 19.0 Å². The number of hydrogen-bond acceptors (Lipinski definition) is 6. The van der Waals surface area contributed by atoms with Crippen LogP contribution in [0.5, 0.6) is 0 Å². The molecule has 0 rings (SSSR count). The van der Waals surface area contributed by atoms with E-state index in [2.05, 4.69) is 0 Å². The molecule has 0 aliphatic rings. The van der Waals surface area contributed by atoms with Crippen molar-refractivity contribution < 1.29 is 30.1 Å². The largest absolute Gasteiger partial charge is 0.481 e. The molecule has 0 aliphatic carbocycles. The third kappa shape index (κ3) is 24.5. The van der Waals surface area contributed by atoms with E-state index in [0.29, 0.717) is 0 Å². The van der Waals surface area contributed by atoms with Crippen LogP contribution in [0.2, 0.25) is 0 Å². The van der Waals surface area contributed by atoms with Gasteiger partial charge in [0.15, 0.2) is 0 Å². The Morgan fingerprint density at radius 2 is 1.73 bits per heavy atom. The Hall–Kier alpha value is -1.94. The van der Waals surface area contributed by atoms with Crippen molar-refractivity contribution in [2.75, 3.05) is 0 Å². The molecule has 0 radical (unpaired) electrons. The minimum atomic E-state index is -1.50. The molecule has 0 aromatic heterocycles. The molecule has 1 unspecified atom stereocenters. The van der Waals surface area contributed by atoms with Crippen molar-refractivity contribution in [3.63, 3.8) is 0 Å². The van der Waals surface area contributed by atoms with E-state index in [1.807, 2.05) is 0 Å². The number of hydrogen-bond donors (Lipinski definition) is 5. The first-order valence-corrected chi connectivity index (χ1v) is 3.30. The lowest BCUT2D eigenvalue weighted by molar-refractivity contribution is -0.742. The van der Waals surface area contributed by atoms with Crippen LogP contribution in [0.1, 0.15) is 12.8 Å². The van der Waals surface area contributed by atoms with Gasteiger partial charge in [-0.1, -0.05) is 0 Å². The van der Waals surface area contributed by atoms with Crippen molar-refractivity contribution in [1.29, 1.82) is 0 Å². The molecule has 0 saturated heterocycles. The predicted molar refractivity (Wildman–Crippen MR) is 46.3 cm³/mol. The molecule has 0 saturated carbocycles. The molecule has 0 fully saturated rings. The quantitative estimate of drug-likeness (QED) is 0.297. The van der Waals surface area contributed by atoms with Crippen molar-refractivity contribution in [2.45, 2.75) is 18.9 Å². The van der Waals surface area contributed by atoms with Crippen LogP contribution in [-0.2, 0) is 9.59 Å². The first kappa shape index (κ1) is 18.8. The molecule has 1 atom stereocenters. The van der Waals surface area contributed by atoms with Gasteiger partial charge in [0, 0.05) is 6.42 Å². The van der Waals surface area contributed by atoms with E-state index < -0.39 is 23.1 Å². The zero-order chi connectivity index (χ0) is 11.7. The van der Waals surface area contributed by atoms with E-state index in [1.54, 1.807) is 0 Å². The lowest BCUT2D eigenvalue weighted by atomic mass is 10.2. The van der Waals surface area contributed by atoms with E-state index in [1.165, 1.54) is 0 Å². The number of rotatable bonds is 4. The SMILES string of the molecule is N.NC(CCC(=O)O)C(=O)O.O=[N+]([O-])O. The summed E-state index contributed by atoms with van der Waals surface area (Å²) in [5.74, 6) is -2.20. The van der Waals surface area contributed by atoms with Crippen LogP contribution in [0.25, 0.3) is 0 Å². The molecule has 0 aromatic rings. The number of aliphatic carboxylic acids is 2. The van der Waals surface area contributed by atoms with Gasteiger partial charge >= 0.3 is 11.9 Å². The molecule has 0 bridgehead atoms. The highest BCUT2D eigenvalue weighted by Crippen LogP contribution is 1.93. The van der Waals surface area contributed by atoms with E-state index in [9.17, 15) is 9.59 Å². The van der Waals surface area contributed by atoms with Gasteiger partial charge in [-0.15, -0.1) is 10.1 Å². The first-order valence-electron chi connectivity index (χ1n) is 3.30. The second kappa shape index (κ2) is 10.1. The third-order valence-corrected chi connectivity index (χ3v) is 0.986. The van der Waals surface area contributed by atoms with Crippen LogP contribution in [0.4, 0.5) is 0 Å². The van der Waals surface area contributed by atoms with Crippen molar-refractivity contribution in [1.82, 2.24) is 6.15 Å². The summed E-state index contributed by atoms with van der Waals surface area (Å²) < 4.78 is 0. The van der Waals surface area contributed by atoms with Crippen molar-refractivity contribution in [2.24, 2.45) is 5.73 Å². The summed E-state index contributed by atoms with van der Waals surface area (Å²) in [7, 11) is 0. The monoisotopic (exact) mass is 227 g/mol. The summed E-state index contributed by atoms with van der Waals surface area (Å²) in [5.41, 5.74) is 5.00. The number of carboxylic acid groups (broad SMARTS) is 2. The molecule has 0 amide bonds. The number of nitrogens with two attached hydrogens (primary N) is 1. The first-order chi connectivity index (χ1) is 6.27. The predicted octanol–water partition coefficient (Wildman–Crippen LogP) is -0.923. The third-order valence-electron chi connectivity index (χ3n) is 0.986. The van der Waals surface area contributed by atoms with Crippen LogP contribution in [-0.4, -0.2) is 38.5 Å². The van der Waals surface area contributed by atoms with Gasteiger partial charge in [-0.2, -0.15) is 0 Å². The Kier molecular flexibility index (Phi) is 12.7. The minimum Gasteiger partial charge on any atom is -0.481 e. The average molecular weight is 227 g/mol. The fourth-order valence-electron chi connectivity index (χ4n) is 0.402. The zero-order valence-electron chi connectivity index (χ0n) is 7.70. The Balaban J connectivity index is -0.000000249. The van der Waals surface area contributed by atoms with Crippen LogP contribution < -0.4 is 11.9 Å². The summed E-state index contributed by atoms with van der Waals surface area (Å²) in [6.07, 6.45) is -0.224. The Morgan fingerprint density at radius 3 is 1.93 bits per heavy atom. The maximum atomic E-state index is 9.99. The molecule has 10 nitrogen and oxygen atoms in total. The van der Waals surface area contributed by atoms with Crippen LogP contribution in [0, 0.1) is 10.1 Å². The molecule has 90 valence electrons. The Bertz CT molecular complexity index is 215. The van der Waals surface area contributed by atoms with Gasteiger partial charge in [0.25, 0.3) is 5.09 Å². The van der Waals surface area contributed by atoms with Crippen molar-refractivity contribution in [3.05, 3.63) is 10.1 Å². The average Bonchev–Trinajstić information content (AvgIpc) is 1.98. The number of carbonyl (C=O) groups is 2. The minimum absolute atomic E-state index is 0. The summed E-state index contributed by atoms with van der Waals surface area (Å²) in [5, 5.41) is 29.9. The molecular formula is C5H13N3O7. The lowest BCUT2D eigenvalue weighted by Crippen LogP contribution is -2.30. The lowest BCUT2D eigenvalue weighted by Gasteiger charge is -2.01. The molecular weight excluding hydrogens is 214 g/mol. The van der Waals surface area contributed by atoms with Gasteiger partial charge in [0.2, 0.25) is 0 Å². The number of nitrogens with zero attached hydrogens (tertiary/aromatic N) is 1. The summed E-state index contributed by atoms with van der Waals surface area (Å²) in [6, 6.07) is -1.06. The molecule has 8 N–H and O–H groups in total. The smallest absolute Gasteiger partial charge is 0.320 e. The second-order valence-corrected chi connectivity index (χ2v) is 2.11. The fourth-order valence-corrected chi connectivity index (χ4v) is 0.402. The van der Waals surface area contributed by atoms with Crippen LogP contribution in [0.15, 0.2) is 0 Å². The molecule has 0 aromatic carbocycles. The van der Waals surface area contributed by atoms with Gasteiger partial charge in [-0.3, -0.25) is 9.59 Å². The van der Waals surface area contributed by atoms with E-state index in [0.717, 1.165) is 0 Å². The van der Waals surface area contributed by atoms with Crippen LogP contribution >= 0.6 is 0 Å². The topological polar surface area (TPSA) is 199 Å². The molecule has 0 aliphatic heterocycles. The van der Waals surface area contributed by atoms with Crippen molar-refractivity contribution >= 4 is 11.9 Å². The maximum absolute atomic E-state index is 9.99. The summed E-state index contributed by atoms with van der Waals surface area (Å²) in [4.78, 5) is 28.2. The highest BCUT2D eigenvalue weighted by atomic mass is 16.9. The molecule has 15 heavy (non-hydrogen) atoms. The molecule has 0 heterocycles. The summed E-state index contributed by atoms with van der Waals surface area (Å²) in [6.45, 7) is 0. The molecule has 0 spiro atoms. The van der Waals surface area contributed by atoms with Gasteiger partial charge in [-0.05, 0) is 6.42 Å². The highest BCUT2D eigenvalue weighted by Gasteiger charge is 2.12. The van der Waals surface area contributed by atoms with Gasteiger partial charge in [0.05, 0.1) is 0 Å². The second-order valence-electron chi connectivity index (χ2n) is 2.11. The fraction of sp³-hybridized carbons (Fsp3) is 0.600. The number of carboxylic acids is 2.